The maximum absolute atomic E-state index is 13.8. The number of phenols is 1. The number of aliphatic hydroxyl groups is 2. The minimum atomic E-state index is -2.76. The number of rotatable bonds is 4. The molecule has 5 N–H and O–H groups in total. The number of likely N-dealkylation sites (N-methyl/N-ethyl adjacent to an activating group) is 1. The zero-order valence-electron chi connectivity index (χ0n) is 20.7. The van der Waals surface area contributed by atoms with Crippen LogP contribution in [0, 0.1) is 23.7 Å². The Morgan fingerprint density at radius 1 is 1.16 bits per heavy atom. The van der Waals surface area contributed by atoms with E-state index in [0.717, 1.165) is 0 Å². The van der Waals surface area contributed by atoms with Crippen LogP contribution in [0.2, 0.25) is 0 Å². The number of hydrogen-bond acceptors (Lipinski definition) is 10. The number of pyridine rings is 1. The molecule has 2 fully saturated rings. The SMILES string of the molecule is CN(C)[C@H]1C(=O)C(C(N)=O)C(=O)[C@]2(O)C(=O)C3C(=O)c4c(O)ccc(-c5cncc(CO)c5)c4C[C@@H]3C[C@H]12. The predicted molar refractivity (Wildman–Crippen MR) is 131 cm³/mol. The second-order valence-electron chi connectivity index (χ2n) is 10.5. The van der Waals surface area contributed by atoms with Crippen LogP contribution in [0.15, 0.2) is 30.6 Å². The van der Waals surface area contributed by atoms with E-state index >= 15 is 0 Å². The average molecular weight is 522 g/mol. The number of Topliss-reactive ketones (excluding diaryl/α,β-unsaturated/α-hetero) is 4. The summed E-state index contributed by atoms with van der Waals surface area (Å²) in [5.41, 5.74) is 4.66. The van der Waals surface area contributed by atoms with Gasteiger partial charge in [-0.15, -0.1) is 0 Å². The van der Waals surface area contributed by atoms with Gasteiger partial charge in [0.1, 0.15) is 5.75 Å². The molecule has 2 saturated carbocycles. The molecular weight excluding hydrogens is 494 g/mol. The van der Waals surface area contributed by atoms with Crippen LogP contribution in [0.1, 0.15) is 27.9 Å². The van der Waals surface area contributed by atoms with Crippen LogP contribution in [-0.4, -0.2) is 80.0 Å². The quantitative estimate of drug-likeness (QED) is 0.379. The number of benzene rings is 1. The Morgan fingerprint density at radius 3 is 2.50 bits per heavy atom. The molecule has 0 bridgehead atoms. The summed E-state index contributed by atoms with van der Waals surface area (Å²) in [5.74, 6) is -10.9. The lowest BCUT2D eigenvalue weighted by Crippen LogP contribution is -2.74. The minimum Gasteiger partial charge on any atom is -0.507 e. The molecule has 3 aliphatic rings. The lowest BCUT2D eigenvalue weighted by Gasteiger charge is -2.52. The van der Waals surface area contributed by atoms with Gasteiger partial charge in [0.2, 0.25) is 5.91 Å². The number of primary amides is 1. The number of carbonyl (C=O) groups excluding carboxylic acids is 5. The van der Waals surface area contributed by atoms with Gasteiger partial charge in [0, 0.05) is 23.9 Å². The minimum absolute atomic E-state index is 0.0338. The Hall–Kier alpha value is -3.80. The molecule has 198 valence electrons. The summed E-state index contributed by atoms with van der Waals surface area (Å²) in [5, 5.41) is 31.8. The second-order valence-corrected chi connectivity index (χ2v) is 10.5. The van der Waals surface area contributed by atoms with Gasteiger partial charge in [-0.25, -0.2) is 0 Å². The first kappa shape index (κ1) is 25.8. The fourth-order valence-electron chi connectivity index (χ4n) is 6.60. The molecule has 1 amide bonds. The van der Waals surface area contributed by atoms with Gasteiger partial charge in [-0.3, -0.25) is 33.9 Å². The molecule has 11 heteroatoms. The molecular formula is C27H27N3O8. The van der Waals surface area contributed by atoms with Crippen LogP contribution in [0.5, 0.6) is 5.75 Å². The van der Waals surface area contributed by atoms with Crippen molar-refractivity contribution in [1.29, 1.82) is 0 Å². The zero-order valence-corrected chi connectivity index (χ0v) is 20.7. The Kier molecular flexibility index (Phi) is 6.05. The van der Waals surface area contributed by atoms with Crippen molar-refractivity contribution in [3.63, 3.8) is 0 Å². The third-order valence-electron chi connectivity index (χ3n) is 8.23. The van der Waals surface area contributed by atoms with E-state index in [4.69, 9.17) is 5.73 Å². The van der Waals surface area contributed by atoms with Gasteiger partial charge in [-0.1, -0.05) is 6.07 Å². The van der Waals surface area contributed by atoms with E-state index in [1.165, 1.54) is 31.3 Å². The highest BCUT2D eigenvalue weighted by molar-refractivity contribution is 6.32. The van der Waals surface area contributed by atoms with E-state index in [-0.39, 0.29) is 30.8 Å². The Balaban J connectivity index is 1.66. The fourth-order valence-corrected chi connectivity index (χ4v) is 6.60. The third-order valence-corrected chi connectivity index (χ3v) is 8.23. The Labute approximate surface area is 217 Å². The highest BCUT2D eigenvalue weighted by atomic mass is 16.3. The second kappa shape index (κ2) is 8.90. The van der Waals surface area contributed by atoms with Crippen molar-refractivity contribution in [3.05, 3.63) is 47.3 Å². The van der Waals surface area contributed by atoms with Crippen molar-refractivity contribution < 1.29 is 39.3 Å². The van der Waals surface area contributed by atoms with E-state index < -0.39 is 64.4 Å². The maximum atomic E-state index is 13.8. The molecule has 1 heterocycles. The standard InChI is InChI=1S/C27H27N3O8/c1-30(2)21-16-7-12-6-15-14(13-5-11(10-31)8-29-9-13)3-4-17(32)19(15)22(33)18(12)24(35)27(16,38)25(36)20(23(21)34)26(28)37/h3-5,8-9,12,16,18,20-21,31-32,38H,6-7,10H2,1-2H3,(H2,28,37)/t12-,16-,18?,20?,21-,27-/m1/s1. The molecule has 2 aromatic rings. The number of carbonyl (C=O) groups is 5. The molecule has 0 aliphatic heterocycles. The number of ketones is 4. The van der Waals surface area contributed by atoms with Crippen molar-refractivity contribution in [2.45, 2.75) is 31.1 Å². The van der Waals surface area contributed by atoms with Gasteiger partial charge in [-0.2, -0.15) is 0 Å². The topological polar surface area (TPSA) is 188 Å². The number of phenolic OH excluding ortho intramolecular Hbond substituents is 1. The number of aromatic hydroxyl groups is 1. The van der Waals surface area contributed by atoms with Crippen molar-refractivity contribution in [3.8, 4) is 16.9 Å². The summed E-state index contributed by atoms with van der Waals surface area (Å²) in [4.78, 5) is 71.7. The van der Waals surface area contributed by atoms with Gasteiger partial charge in [-0.05, 0) is 61.7 Å². The Morgan fingerprint density at radius 2 is 1.87 bits per heavy atom. The maximum Gasteiger partial charge on any atom is 0.235 e. The van der Waals surface area contributed by atoms with E-state index in [9.17, 15) is 39.3 Å². The van der Waals surface area contributed by atoms with Crippen LogP contribution in [0.4, 0.5) is 0 Å². The summed E-state index contributed by atoms with van der Waals surface area (Å²) in [7, 11) is 3.07. The lowest BCUT2D eigenvalue weighted by molar-refractivity contribution is -0.181. The molecule has 2 unspecified atom stereocenters. The van der Waals surface area contributed by atoms with E-state index in [1.54, 1.807) is 18.3 Å². The first-order chi connectivity index (χ1) is 17.9. The smallest absolute Gasteiger partial charge is 0.235 e. The molecule has 3 aliphatic carbocycles. The van der Waals surface area contributed by atoms with Gasteiger partial charge >= 0.3 is 0 Å². The summed E-state index contributed by atoms with van der Waals surface area (Å²) in [6, 6.07) is 3.48. The van der Waals surface area contributed by atoms with Gasteiger partial charge < -0.3 is 21.1 Å². The van der Waals surface area contributed by atoms with Gasteiger partial charge in [0.05, 0.1) is 24.1 Å². The van der Waals surface area contributed by atoms with Crippen LogP contribution >= 0.6 is 0 Å². The van der Waals surface area contributed by atoms with Crippen LogP contribution in [0.25, 0.3) is 11.1 Å². The molecule has 0 saturated heterocycles. The van der Waals surface area contributed by atoms with Crippen molar-refractivity contribution in [2.75, 3.05) is 14.1 Å². The Bertz CT molecular complexity index is 1420. The zero-order chi connectivity index (χ0) is 27.7. The normalized spacial score (nSPS) is 30.6. The summed E-state index contributed by atoms with van der Waals surface area (Å²) >= 11 is 0. The average Bonchev–Trinajstić information content (AvgIpc) is 2.86. The van der Waals surface area contributed by atoms with Crippen molar-refractivity contribution >= 4 is 29.0 Å². The first-order valence-electron chi connectivity index (χ1n) is 12.2. The molecule has 1 aromatic carbocycles. The van der Waals surface area contributed by atoms with Crippen LogP contribution < -0.4 is 5.73 Å². The number of fused-ring (bicyclic) bond motifs is 3. The molecule has 6 atom stereocenters. The molecule has 5 rings (SSSR count). The number of hydrogen-bond donors (Lipinski definition) is 4. The highest BCUT2D eigenvalue weighted by Crippen LogP contribution is 2.51. The molecule has 11 nitrogen and oxygen atoms in total. The van der Waals surface area contributed by atoms with Gasteiger partial charge in [0.25, 0.3) is 0 Å². The molecule has 0 radical (unpaired) electrons. The third kappa shape index (κ3) is 3.46. The van der Waals surface area contributed by atoms with Crippen molar-refractivity contribution in [2.24, 2.45) is 29.4 Å². The van der Waals surface area contributed by atoms with Crippen LogP contribution in [0.3, 0.4) is 0 Å². The highest BCUT2D eigenvalue weighted by Gasteiger charge is 2.69. The van der Waals surface area contributed by atoms with E-state index in [0.29, 0.717) is 22.3 Å². The summed E-state index contributed by atoms with van der Waals surface area (Å²) in [6.07, 6.45) is 3.15. The lowest BCUT2D eigenvalue weighted by atomic mass is 9.52. The predicted octanol–water partition coefficient (Wildman–Crippen LogP) is -0.579. The van der Waals surface area contributed by atoms with E-state index in [1.807, 2.05) is 0 Å². The number of nitrogens with two attached hydrogens (primary N) is 1. The molecule has 1 aromatic heterocycles. The number of nitrogens with zero attached hydrogens (tertiary/aromatic N) is 2. The molecule has 38 heavy (non-hydrogen) atoms. The van der Waals surface area contributed by atoms with Gasteiger partial charge in [0.15, 0.2) is 34.7 Å². The van der Waals surface area contributed by atoms with Crippen LogP contribution in [-0.2, 0) is 32.2 Å². The number of amides is 1. The summed E-state index contributed by atoms with van der Waals surface area (Å²) in [6.45, 7) is -0.250. The first-order valence-corrected chi connectivity index (χ1v) is 12.2. The summed E-state index contributed by atoms with van der Waals surface area (Å²) < 4.78 is 0. The monoisotopic (exact) mass is 521 g/mol. The van der Waals surface area contributed by atoms with E-state index in [2.05, 4.69) is 4.98 Å². The molecule has 0 spiro atoms. The van der Waals surface area contributed by atoms with Crippen molar-refractivity contribution in [1.82, 2.24) is 9.88 Å². The largest absolute Gasteiger partial charge is 0.507 e. The number of aromatic nitrogens is 1. The fraction of sp³-hybridized carbons (Fsp3) is 0.407. The number of aliphatic hydroxyl groups excluding tert-OH is 1.